The van der Waals surface area contributed by atoms with Gasteiger partial charge < -0.3 is 24.3 Å². The number of hydrogen-bond donors (Lipinski definition) is 1. The molecule has 53 heavy (non-hydrogen) atoms. The van der Waals surface area contributed by atoms with Gasteiger partial charge in [0.2, 0.25) is 5.91 Å². The number of amides is 1. The van der Waals surface area contributed by atoms with E-state index in [1.807, 2.05) is 40.4 Å². The van der Waals surface area contributed by atoms with Crippen LogP contribution in [0.4, 0.5) is 0 Å². The van der Waals surface area contributed by atoms with E-state index in [4.69, 9.17) is 18.9 Å². The van der Waals surface area contributed by atoms with Gasteiger partial charge in [-0.3, -0.25) is 48.4 Å². The normalized spacial score (nSPS) is 17.5. The average molecular weight is 756 g/mol. The van der Waals surface area contributed by atoms with E-state index in [9.17, 15) is 28.8 Å². The van der Waals surface area contributed by atoms with Crippen LogP contribution in [0.1, 0.15) is 103 Å². The zero-order valence-corrected chi connectivity index (χ0v) is 34.8. The lowest BCUT2D eigenvalue weighted by Gasteiger charge is -2.34. The Balaban J connectivity index is 3.29. The highest BCUT2D eigenvalue weighted by Gasteiger charge is 2.27. The van der Waals surface area contributed by atoms with Crippen LogP contribution in [0.2, 0.25) is 0 Å². The fourth-order valence-corrected chi connectivity index (χ4v) is 5.35. The first-order valence-corrected chi connectivity index (χ1v) is 18.7. The summed E-state index contributed by atoms with van der Waals surface area (Å²) >= 11 is 0. The molecule has 0 aromatic heterocycles. The molecule has 1 aliphatic rings. The minimum absolute atomic E-state index is 0.000567. The van der Waals surface area contributed by atoms with Gasteiger partial charge in [-0.25, -0.2) is 0 Å². The smallest absolute Gasteiger partial charge is 0.320 e. The van der Waals surface area contributed by atoms with Gasteiger partial charge in [-0.1, -0.05) is 0 Å². The lowest BCUT2D eigenvalue weighted by Crippen LogP contribution is -2.51. The monoisotopic (exact) mass is 756 g/mol. The van der Waals surface area contributed by atoms with Crippen molar-refractivity contribution in [3.8, 4) is 0 Å². The van der Waals surface area contributed by atoms with Crippen molar-refractivity contribution in [1.29, 1.82) is 0 Å². The number of carbonyl (C=O) groups excluding carboxylic acids is 6. The topological polar surface area (TPSA) is 164 Å². The van der Waals surface area contributed by atoms with E-state index in [0.717, 1.165) is 0 Å². The predicted molar refractivity (Wildman–Crippen MR) is 201 cm³/mol. The molecule has 1 atom stereocenters. The Bertz CT molecular complexity index is 1180. The minimum atomic E-state index is -0.870. The molecule has 1 saturated heterocycles. The molecule has 0 bridgehead atoms. The summed E-state index contributed by atoms with van der Waals surface area (Å²) in [4.78, 5) is 84.7. The molecule has 0 aromatic carbocycles. The van der Waals surface area contributed by atoms with Gasteiger partial charge in [0, 0.05) is 58.8 Å². The fraction of sp³-hybridized carbons (Fsp3) is 0.842. The summed E-state index contributed by atoms with van der Waals surface area (Å²) in [6.07, 6.45) is 0.0683. The van der Waals surface area contributed by atoms with Gasteiger partial charge in [-0.05, 0) is 96.4 Å². The van der Waals surface area contributed by atoms with Crippen molar-refractivity contribution in [2.75, 3.05) is 78.5 Å². The number of carbonyl (C=O) groups is 6. The van der Waals surface area contributed by atoms with Crippen molar-refractivity contribution >= 4 is 35.6 Å². The van der Waals surface area contributed by atoms with Crippen LogP contribution < -0.4 is 5.32 Å². The Morgan fingerprint density at radius 1 is 0.472 bits per heavy atom. The Morgan fingerprint density at radius 2 is 0.736 bits per heavy atom. The number of ether oxygens (including phenoxy) is 4. The second-order valence-electron chi connectivity index (χ2n) is 17.7. The maximum atomic E-state index is 13.4. The highest BCUT2D eigenvalue weighted by atomic mass is 16.6. The van der Waals surface area contributed by atoms with Crippen molar-refractivity contribution in [3.05, 3.63) is 0 Å². The molecule has 1 fully saturated rings. The zero-order valence-electron chi connectivity index (χ0n) is 34.8. The maximum Gasteiger partial charge on any atom is 0.320 e. The summed E-state index contributed by atoms with van der Waals surface area (Å²) in [5, 5.41) is 2.78. The molecule has 1 aliphatic heterocycles. The highest BCUT2D eigenvalue weighted by molar-refractivity contribution is 5.88. The Hall–Kier alpha value is -3.14. The van der Waals surface area contributed by atoms with Crippen LogP contribution in [0, 0.1) is 0 Å². The van der Waals surface area contributed by atoms with Crippen LogP contribution in [-0.2, 0) is 47.7 Å². The molecule has 15 heteroatoms. The number of nitrogens with one attached hydrogen (secondary N) is 1. The lowest BCUT2D eigenvalue weighted by molar-refractivity contribution is -0.158. The molecule has 1 amide bonds. The van der Waals surface area contributed by atoms with Crippen LogP contribution >= 0.6 is 0 Å². The summed E-state index contributed by atoms with van der Waals surface area (Å²) in [6.45, 7) is 26.0. The van der Waals surface area contributed by atoms with Crippen LogP contribution in [-0.4, -0.2) is 162 Å². The number of ketones is 1. The molecule has 0 aliphatic carbocycles. The lowest BCUT2D eigenvalue weighted by atomic mass is 10.1. The third kappa shape index (κ3) is 24.7. The van der Waals surface area contributed by atoms with Crippen molar-refractivity contribution < 1.29 is 47.7 Å². The van der Waals surface area contributed by atoms with Gasteiger partial charge in [0.05, 0.1) is 32.2 Å². The molecule has 0 saturated carbocycles. The van der Waals surface area contributed by atoms with E-state index < -0.39 is 52.3 Å². The minimum Gasteiger partial charge on any atom is -0.460 e. The van der Waals surface area contributed by atoms with E-state index in [1.165, 1.54) is 6.92 Å². The van der Waals surface area contributed by atoms with E-state index in [0.29, 0.717) is 52.4 Å². The quantitative estimate of drug-likeness (QED) is 0.215. The molecule has 1 heterocycles. The van der Waals surface area contributed by atoms with E-state index >= 15 is 0 Å². The van der Waals surface area contributed by atoms with Crippen molar-refractivity contribution in [2.24, 2.45) is 0 Å². The van der Waals surface area contributed by atoms with E-state index in [1.54, 1.807) is 62.3 Å². The first-order valence-electron chi connectivity index (χ1n) is 18.7. The van der Waals surface area contributed by atoms with Gasteiger partial charge in [0.1, 0.15) is 22.4 Å². The fourth-order valence-electron chi connectivity index (χ4n) is 5.35. The van der Waals surface area contributed by atoms with Crippen LogP contribution in [0.15, 0.2) is 0 Å². The van der Waals surface area contributed by atoms with Crippen LogP contribution in [0.25, 0.3) is 0 Å². The Kier molecular flexibility index (Phi) is 19.0. The van der Waals surface area contributed by atoms with E-state index in [-0.39, 0.29) is 50.8 Å². The van der Waals surface area contributed by atoms with Gasteiger partial charge >= 0.3 is 23.9 Å². The largest absolute Gasteiger partial charge is 0.460 e. The van der Waals surface area contributed by atoms with Crippen molar-refractivity contribution in [3.63, 3.8) is 0 Å². The number of rotatable bonds is 13. The second-order valence-corrected chi connectivity index (χ2v) is 17.7. The van der Waals surface area contributed by atoms with Gasteiger partial charge in [0.15, 0.2) is 5.78 Å². The maximum absolute atomic E-state index is 13.4. The molecule has 1 N–H and O–H groups in total. The zero-order chi connectivity index (χ0) is 40.8. The number of esters is 4. The standard InChI is InChI=1S/C38H69N5O10/c1-28(44)29(14-15-31(46)50-35(2,3)4)39-30(45)24-40-16-18-41(25-32(47)51-36(5,6)7)20-22-43(27-34(49)53-38(11,12)13)23-21-42(19-17-40)26-33(48)52-37(8,9)10/h29H,14-27H2,1-13H3,(H,39,45)/t29-/m0/s1. The number of hydrogen-bond acceptors (Lipinski definition) is 14. The van der Waals surface area contributed by atoms with Crippen molar-refractivity contribution in [2.45, 2.75) is 131 Å². The van der Waals surface area contributed by atoms with Gasteiger partial charge in [0.25, 0.3) is 0 Å². The molecular weight excluding hydrogens is 686 g/mol. The third-order valence-corrected chi connectivity index (χ3v) is 7.50. The first kappa shape index (κ1) is 47.9. The summed E-state index contributed by atoms with van der Waals surface area (Å²) < 4.78 is 22.2. The first-order chi connectivity index (χ1) is 24.1. The highest BCUT2D eigenvalue weighted by Crippen LogP contribution is 2.13. The van der Waals surface area contributed by atoms with Gasteiger partial charge in [-0.15, -0.1) is 0 Å². The summed E-state index contributed by atoms with van der Waals surface area (Å²) in [6, 6.07) is -0.870. The molecule has 0 radical (unpaired) electrons. The summed E-state index contributed by atoms with van der Waals surface area (Å²) in [5.74, 6) is -2.31. The molecule has 0 unspecified atom stereocenters. The van der Waals surface area contributed by atoms with Gasteiger partial charge in [-0.2, -0.15) is 0 Å². The molecule has 15 nitrogen and oxygen atoms in total. The van der Waals surface area contributed by atoms with E-state index in [2.05, 4.69) is 5.32 Å². The summed E-state index contributed by atoms with van der Waals surface area (Å²) in [5.41, 5.74) is -2.68. The Labute approximate surface area is 317 Å². The molecule has 306 valence electrons. The SMILES string of the molecule is CC(=O)[C@H](CCC(=O)OC(C)(C)C)NC(=O)CN1CCN(CC(=O)OC(C)(C)C)CCN(CC(=O)OC(C)(C)C)CCN(CC(=O)OC(C)(C)C)CC1. The molecular formula is C38H69N5O10. The second kappa shape index (κ2) is 21.1. The predicted octanol–water partition coefficient (Wildman–Crippen LogP) is 2.43. The summed E-state index contributed by atoms with van der Waals surface area (Å²) in [7, 11) is 0. The van der Waals surface area contributed by atoms with Crippen molar-refractivity contribution in [1.82, 2.24) is 24.9 Å². The third-order valence-electron chi connectivity index (χ3n) is 7.50. The molecule has 0 spiro atoms. The number of Topliss-reactive ketones (excluding diaryl/α,β-unsaturated/α-hetero) is 1. The number of nitrogens with zero attached hydrogens (tertiary/aromatic N) is 4. The molecule has 1 rings (SSSR count). The Morgan fingerprint density at radius 3 is 1.00 bits per heavy atom. The van der Waals surface area contributed by atoms with Crippen LogP contribution in [0.3, 0.4) is 0 Å². The van der Waals surface area contributed by atoms with Crippen LogP contribution in [0.5, 0.6) is 0 Å². The molecule has 0 aromatic rings. The average Bonchev–Trinajstić information content (AvgIpc) is 2.92.